The highest BCUT2D eigenvalue weighted by Gasteiger charge is 2.15. The summed E-state index contributed by atoms with van der Waals surface area (Å²) in [6.07, 6.45) is 2.27. The van der Waals surface area contributed by atoms with Crippen LogP contribution in [0.25, 0.3) is 11.0 Å². The van der Waals surface area contributed by atoms with Crippen LogP contribution in [0.2, 0.25) is 0 Å². The van der Waals surface area contributed by atoms with E-state index in [1.807, 2.05) is 13.0 Å². The first-order valence-corrected chi connectivity index (χ1v) is 10.0. The van der Waals surface area contributed by atoms with Gasteiger partial charge in [0.2, 0.25) is 5.75 Å². The van der Waals surface area contributed by atoms with Crippen LogP contribution in [0.15, 0.2) is 45.6 Å². The molecule has 0 aliphatic heterocycles. The summed E-state index contributed by atoms with van der Waals surface area (Å²) < 4.78 is 26.7. The van der Waals surface area contributed by atoms with Gasteiger partial charge in [0.1, 0.15) is 11.3 Å². The number of rotatable bonds is 9. The van der Waals surface area contributed by atoms with Gasteiger partial charge in [0.05, 0.1) is 21.3 Å². The summed E-state index contributed by atoms with van der Waals surface area (Å²) in [4.78, 5) is 24.2. The minimum atomic E-state index is -0.415. The Balaban J connectivity index is 1.72. The van der Waals surface area contributed by atoms with Gasteiger partial charge >= 0.3 is 11.6 Å². The lowest BCUT2D eigenvalue weighted by molar-refractivity contribution is -0.134. The minimum Gasteiger partial charge on any atom is -0.493 e. The molecule has 0 amide bonds. The van der Waals surface area contributed by atoms with E-state index in [-0.39, 0.29) is 6.42 Å². The molecule has 164 valence electrons. The lowest BCUT2D eigenvalue weighted by atomic mass is 10.1. The molecule has 0 atom stereocenters. The predicted octanol–water partition coefficient (Wildman–Crippen LogP) is 4.31. The molecule has 1 aromatic heterocycles. The molecule has 0 saturated heterocycles. The molecule has 0 N–H and O–H groups in total. The molecule has 0 bridgehead atoms. The van der Waals surface area contributed by atoms with E-state index < -0.39 is 11.6 Å². The van der Waals surface area contributed by atoms with Gasteiger partial charge in [0.15, 0.2) is 11.5 Å². The van der Waals surface area contributed by atoms with Gasteiger partial charge in [0, 0.05) is 23.9 Å². The number of carbonyl (C=O) groups is 1. The lowest BCUT2D eigenvalue weighted by Crippen LogP contribution is -2.09. The average molecular weight is 426 g/mol. The maximum atomic E-state index is 12.4. The largest absolute Gasteiger partial charge is 0.493 e. The van der Waals surface area contributed by atoms with Crippen LogP contribution in [-0.2, 0) is 17.6 Å². The highest BCUT2D eigenvalue weighted by Crippen LogP contribution is 2.38. The van der Waals surface area contributed by atoms with Crippen LogP contribution in [-0.4, -0.2) is 27.3 Å². The summed E-state index contributed by atoms with van der Waals surface area (Å²) in [7, 11) is 4.62. The monoisotopic (exact) mass is 426 g/mol. The highest BCUT2D eigenvalue weighted by molar-refractivity contribution is 5.82. The summed E-state index contributed by atoms with van der Waals surface area (Å²) in [6, 6.07) is 10.2. The van der Waals surface area contributed by atoms with E-state index in [1.54, 1.807) is 38.5 Å². The number of ether oxygens (including phenoxy) is 4. The van der Waals surface area contributed by atoms with Gasteiger partial charge in [-0.25, -0.2) is 4.79 Å². The zero-order chi connectivity index (χ0) is 22.4. The summed E-state index contributed by atoms with van der Waals surface area (Å²) in [5.41, 5.74) is 1.77. The normalized spacial score (nSPS) is 10.7. The average Bonchev–Trinajstić information content (AvgIpc) is 2.76. The maximum absolute atomic E-state index is 12.4. The topological polar surface area (TPSA) is 84.2 Å². The maximum Gasteiger partial charge on any atom is 0.336 e. The highest BCUT2D eigenvalue weighted by atomic mass is 16.5. The van der Waals surface area contributed by atoms with Crippen LogP contribution in [0.1, 0.15) is 30.9 Å². The first-order chi connectivity index (χ1) is 15.0. The van der Waals surface area contributed by atoms with E-state index in [1.165, 1.54) is 13.2 Å². The molecule has 0 spiro atoms. The first kappa shape index (κ1) is 22.2. The Labute approximate surface area is 180 Å². The predicted molar refractivity (Wildman–Crippen MR) is 117 cm³/mol. The Kier molecular flexibility index (Phi) is 7.18. The minimum absolute atomic E-state index is 0.149. The van der Waals surface area contributed by atoms with Crippen molar-refractivity contribution < 1.29 is 28.2 Å². The Morgan fingerprint density at radius 2 is 1.65 bits per heavy atom. The molecule has 0 saturated carbocycles. The summed E-state index contributed by atoms with van der Waals surface area (Å²) in [5, 5.41) is 0.846. The van der Waals surface area contributed by atoms with Crippen LogP contribution in [0.4, 0.5) is 0 Å². The van der Waals surface area contributed by atoms with Crippen LogP contribution >= 0.6 is 0 Å². The molecule has 31 heavy (non-hydrogen) atoms. The number of aryl methyl sites for hydroxylation is 2. The molecule has 3 rings (SSSR count). The van der Waals surface area contributed by atoms with E-state index in [2.05, 4.69) is 0 Å². The molecule has 0 radical (unpaired) electrons. The molecular weight excluding hydrogens is 400 g/mol. The van der Waals surface area contributed by atoms with Crippen molar-refractivity contribution in [3.8, 4) is 23.0 Å². The summed E-state index contributed by atoms with van der Waals surface area (Å²) in [6.45, 7) is 2.05. The van der Waals surface area contributed by atoms with Crippen molar-refractivity contribution in [1.29, 1.82) is 0 Å². The fraction of sp³-hybridized carbons (Fsp3) is 0.333. The molecule has 0 unspecified atom stereocenters. The molecule has 2 aromatic carbocycles. The molecule has 1 heterocycles. The van der Waals surface area contributed by atoms with Gasteiger partial charge in [-0.05, 0) is 48.2 Å². The van der Waals surface area contributed by atoms with Crippen LogP contribution in [0.3, 0.4) is 0 Å². The summed E-state index contributed by atoms with van der Waals surface area (Å²) >= 11 is 0. The van der Waals surface area contributed by atoms with Crippen molar-refractivity contribution in [3.63, 3.8) is 0 Å². The smallest absolute Gasteiger partial charge is 0.336 e. The Hall–Kier alpha value is -3.48. The van der Waals surface area contributed by atoms with E-state index in [0.29, 0.717) is 35.0 Å². The second-order valence-electron chi connectivity index (χ2n) is 7.01. The second kappa shape index (κ2) is 10.0. The number of fused-ring (bicyclic) bond motifs is 1. The van der Waals surface area contributed by atoms with E-state index >= 15 is 0 Å². The van der Waals surface area contributed by atoms with Gasteiger partial charge in [0.25, 0.3) is 0 Å². The van der Waals surface area contributed by atoms with Gasteiger partial charge in [-0.1, -0.05) is 13.3 Å². The van der Waals surface area contributed by atoms with Crippen molar-refractivity contribution >= 4 is 16.9 Å². The number of carbonyl (C=O) groups excluding carboxylic acids is 1. The molecule has 7 nitrogen and oxygen atoms in total. The van der Waals surface area contributed by atoms with E-state index in [0.717, 1.165) is 29.4 Å². The third-order valence-corrected chi connectivity index (χ3v) is 4.89. The van der Waals surface area contributed by atoms with Crippen molar-refractivity contribution in [2.24, 2.45) is 0 Å². The van der Waals surface area contributed by atoms with Crippen LogP contribution in [0, 0.1) is 0 Å². The quantitative estimate of drug-likeness (QED) is 0.286. The molecule has 0 aliphatic carbocycles. The summed E-state index contributed by atoms with van der Waals surface area (Å²) in [5.74, 6) is 1.48. The molecule has 7 heteroatoms. The second-order valence-corrected chi connectivity index (χ2v) is 7.01. The van der Waals surface area contributed by atoms with Crippen molar-refractivity contribution in [2.45, 2.75) is 32.6 Å². The first-order valence-electron chi connectivity index (χ1n) is 10.0. The zero-order valence-corrected chi connectivity index (χ0v) is 18.2. The standard InChI is InChI=1S/C24H26O7/c1-5-6-16-13-23(26)31-19-14-17(8-9-18(16)19)30-22(25)10-7-15-11-20(27-2)24(29-4)21(12-15)28-3/h8-9,11-14H,5-7,10H2,1-4H3. The van der Waals surface area contributed by atoms with Crippen molar-refractivity contribution in [2.75, 3.05) is 21.3 Å². The number of esters is 1. The third-order valence-electron chi connectivity index (χ3n) is 4.89. The Morgan fingerprint density at radius 1 is 0.935 bits per heavy atom. The van der Waals surface area contributed by atoms with Gasteiger partial charge in [-0.3, -0.25) is 4.79 Å². The molecular formula is C24H26O7. The van der Waals surface area contributed by atoms with Crippen LogP contribution < -0.4 is 24.6 Å². The number of benzene rings is 2. The molecule has 3 aromatic rings. The fourth-order valence-electron chi connectivity index (χ4n) is 3.46. The van der Waals surface area contributed by atoms with Crippen LogP contribution in [0.5, 0.6) is 23.0 Å². The van der Waals surface area contributed by atoms with Crippen molar-refractivity contribution in [1.82, 2.24) is 0 Å². The number of hydrogen-bond donors (Lipinski definition) is 0. The Bertz CT molecular complexity index is 1110. The van der Waals surface area contributed by atoms with E-state index in [9.17, 15) is 9.59 Å². The van der Waals surface area contributed by atoms with Gasteiger partial charge in [-0.15, -0.1) is 0 Å². The van der Waals surface area contributed by atoms with Gasteiger partial charge < -0.3 is 23.4 Å². The molecule has 0 aliphatic rings. The zero-order valence-electron chi connectivity index (χ0n) is 18.2. The fourth-order valence-corrected chi connectivity index (χ4v) is 3.46. The Morgan fingerprint density at radius 3 is 2.26 bits per heavy atom. The lowest BCUT2D eigenvalue weighted by Gasteiger charge is -2.14. The van der Waals surface area contributed by atoms with Crippen molar-refractivity contribution in [3.05, 3.63) is 57.9 Å². The third kappa shape index (κ3) is 5.17. The SMILES string of the molecule is CCCc1cc(=O)oc2cc(OC(=O)CCc3cc(OC)c(OC)c(OC)c3)ccc12. The number of hydrogen-bond acceptors (Lipinski definition) is 7. The van der Waals surface area contributed by atoms with E-state index in [4.69, 9.17) is 23.4 Å². The molecule has 0 fully saturated rings. The van der Waals surface area contributed by atoms with Gasteiger partial charge in [-0.2, -0.15) is 0 Å². The number of methoxy groups -OCH3 is 3.